The summed E-state index contributed by atoms with van der Waals surface area (Å²) in [7, 11) is 0. The number of nitriles is 1. The van der Waals surface area contributed by atoms with Crippen LogP contribution in [0.25, 0.3) is 0 Å². The van der Waals surface area contributed by atoms with E-state index in [0.29, 0.717) is 16.7 Å². The van der Waals surface area contributed by atoms with Crippen LogP contribution in [0.2, 0.25) is 5.02 Å². The van der Waals surface area contributed by atoms with E-state index >= 15 is 0 Å². The molecule has 2 unspecified atom stereocenters. The van der Waals surface area contributed by atoms with E-state index in [-0.39, 0.29) is 5.91 Å². The SMILES string of the molecule is CC(Oc1cccc(Cl)c1)C(=O)NC(C#N)C1CC1. The molecule has 2 atom stereocenters. The number of carbonyl (C=O) groups excluding carboxylic acids is 1. The molecule has 1 aromatic rings. The van der Waals surface area contributed by atoms with Crippen LogP contribution in [0.1, 0.15) is 19.8 Å². The monoisotopic (exact) mass is 278 g/mol. The van der Waals surface area contributed by atoms with Crippen LogP contribution < -0.4 is 10.1 Å². The van der Waals surface area contributed by atoms with Crippen LogP contribution in [0, 0.1) is 17.2 Å². The molecular weight excluding hydrogens is 264 g/mol. The van der Waals surface area contributed by atoms with Gasteiger partial charge in [0.1, 0.15) is 11.8 Å². The molecule has 4 nitrogen and oxygen atoms in total. The molecule has 0 aliphatic heterocycles. The van der Waals surface area contributed by atoms with Crippen molar-refractivity contribution < 1.29 is 9.53 Å². The quantitative estimate of drug-likeness (QED) is 0.900. The lowest BCUT2D eigenvalue weighted by molar-refractivity contribution is -0.127. The van der Waals surface area contributed by atoms with Crippen molar-refractivity contribution in [1.29, 1.82) is 5.26 Å². The highest BCUT2D eigenvalue weighted by Crippen LogP contribution is 2.32. The van der Waals surface area contributed by atoms with E-state index in [4.69, 9.17) is 21.6 Å². The lowest BCUT2D eigenvalue weighted by Crippen LogP contribution is -2.42. The molecule has 1 fully saturated rings. The normalized spacial score (nSPS) is 17.1. The van der Waals surface area contributed by atoms with Gasteiger partial charge in [0.05, 0.1) is 6.07 Å². The fourth-order valence-electron chi connectivity index (χ4n) is 1.75. The topological polar surface area (TPSA) is 62.1 Å². The van der Waals surface area contributed by atoms with E-state index in [2.05, 4.69) is 11.4 Å². The molecule has 1 saturated carbocycles. The zero-order valence-corrected chi connectivity index (χ0v) is 11.4. The van der Waals surface area contributed by atoms with Crippen LogP contribution in [-0.4, -0.2) is 18.1 Å². The van der Waals surface area contributed by atoms with Gasteiger partial charge in [-0.3, -0.25) is 4.79 Å². The minimum absolute atomic E-state index is 0.279. The van der Waals surface area contributed by atoms with Crippen LogP contribution in [0.5, 0.6) is 5.75 Å². The third-order valence-electron chi connectivity index (χ3n) is 3.01. The molecule has 0 saturated heterocycles. The molecule has 2 rings (SSSR count). The van der Waals surface area contributed by atoms with E-state index in [1.54, 1.807) is 31.2 Å². The maximum atomic E-state index is 11.9. The van der Waals surface area contributed by atoms with Crippen molar-refractivity contribution in [1.82, 2.24) is 5.32 Å². The minimum Gasteiger partial charge on any atom is -0.481 e. The molecule has 0 heterocycles. The van der Waals surface area contributed by atoms with Crippen molar-refractivity contribution >= 4 is 17.5 Å². The first kappa shape index (κ1) is 13.7. The number of nitrogens with one attached hydrogen (secondary N) is 1. The largest absolute Gasteiger partial charge is 0.481 e. The van der Waals surface area contributed by atoms with Gasteiger partial charge in [0, 0.05) is 5.02 Å². The van der Waals surface area contributed by atoms with Gasteiger partial charge >= 0.3 is 0 Å². The van der Waals surface area contributed by atoms with Crippen LogP contribution in [0.4, 0.5) is 0 Å². The lowest BCUT2D eigenvalue weighted by Gasteiger charge is -2.17. The highest BCUT2D eigenvalue weighted by molar-refractivity contribution is 6.30. The molecule has 1 aromatic carbocycles. The Labute approximate surface area is 117 Å². The maximum Gasteiger partial charge on any atom is 0.261 e. The van der Waals surface area contributed by atoms with E-state index in [1.807, 2.05) is 0 Å². The standard InChI is InChI=1S/C14H15ClN2O2/c1-9(19-12-4-2-3-11(15)7-12)14(18)17-13(8-16)10-5-6-10/h2-4,7,9-10,13H,5-6H2,1H3,(H,17,18). The molecule has 19 heavy (non-hydrogen) atoms. The first-order chi connectivity index (χ1) is 9.10. The van der Waals surface area contributed by atoms with Gasteiger partial charge in [-0.15, -0.1) is 0 Å². The highest BCUT2D eigenvalue weighted by Gasteiger charge is 2.33. The Hall–Kier alpha value is -1.73. The van der Waals surface area contributed by atoms with Crippen LogP contribution >= 0.6 is 11.6 Å². The fraction of sp³-hybridized carbons (Fsp3) is 0.429. The molecule has 1 aliphatic rings. The number of hydrogen-bond acceptors (Lipinski definition) is 3. The summed E-state index contributed by atoms with van der Waals surface area (Å²) < 4.78 is 5.50. The van der Waals surface area contributed by atoms with E-state index in [0.717, 1.165) is 12.8 Å². The van der Waals surface area contributed by atoms with Crippen molar-refractivity contribution in [2.45, 2.75) is 31.9 Å². The zero-order valence-electron chi connectivity index (χ0n) is 10.6. The van der Waals surface area contributed by atoms with Gasteiger partial charge in [0.25, 0.3) is 5.91 Å². The second-order valence-electron chi connectivity index (χ2n) is 4.67. The van der Waals surface area contributed by atoms with E-state index < -0.39 is 12.1 Å². The van der Waals surface area contributed by atoms with Gasteiger partial charge in [-0.1, -0.05) is 17.7 Å². The van der Waals surface area contributed by atoms with Gasteiger partial charge in [-0.25, -0.2) is 0 Å². The number of benzene rings is 1. The number of nitrogens with zero attached hydrogens (tertiary/aromatic N) is 1. The molecule has 5 heteroatoms. The smallest absolute Gasteiger partial charge is 0.261 e. The van der Waals surface area contributed by atoms with Crippen LogP contribution in [0.15, 0.2) is 24.3 Å². The number of rotatable bonds is 5. The summed E-state index contributed by atoms with van der Waals surface area (Å²) in [6, 6.07) is 8.58. The molecule has 0 spiro atoms. The summed E-state index contributed by atoms with van der Waals surface area (Å²) in [5.41, 5.74) is 0. The molecule has 0 radical (unpaired) electrons. The molecule has 0 bridgehead atoms. The Morgan fingerprint density at radius 1 is 1.58 bits per heavy atom. The van der Waals surface area contributed by atoms with Crippen molar-refractivity contribution in [3.05, 3.63) is 29.3 Å². The van der Waals surface area contributed by atoms with E-state index in [1.165, 1.54) is 0 Å². The predicted octanol–water partition coefficient (Wildman–Crippen LogP) is 2.53. The van der Waals surface area contributed by atoms with Crippen LogP contribution in [-0.2, 0) is 4.79 Å². The minimum atomic E-state index is -0.659. The molecule has 0 aromatic heterocycles. The Kier molecular flexibility index (Phi) is 4.28. The zero-order chi connectivity index (χ0) is 13.8. The van der Waals surface area contributed by atoms with Gasteiger partial charge in [-0.05, 0) is 43.9 Å². The summed E-state index contributed by atoms with van der Waals surface area (Å²) in [5.74, 6) is 0.556. The summed E-state index contributed by atoms with van der Waals surface area (Å²) in [6.07, 6.45) is 1.34. The second kappa shape index (κ2) is 5.94. The number of hydrogen-bond donors (Lipinski definition) is 1. The maximum absolute atomic E-state index is 11.9. The highest BCUT2D eigenvalue weighted by atomic mass is 35.5. The molecule has 1 aliphatic carbocycles. The Morgan fingerprint density at radius 3 is 2.89 bits per heavy atom. The molecule has 100 valence electrons. The van der Waals surface area contributed by atoms with Crippen molar-refractivity contribution in [3.63, 3.8) is 0 Å². The van der Waals surface area contributed by atoms with Gasteiger partial charge in [0.15, 0.2) is 6.10 Å². The average Bonchev–Trinajstić information content (AvgIpc) is 3.19. The number of carbonyl (C=O) groups is 1. The van der Waals surface area contributed by atoms with Crippen molar-refractivity contribution in [2.75, 3.05) is 0 Å². The molecule has 1 amide bonds. The molecule has 1 N–H and O–H groups in total. The number of halogens is 1. The summed E-state index contributed by atoms with van der Waals surface area (Å²) >= 11 is 5.84. The second-order valence-corrected chi connectivity index (χ2v) is 5.11. The number of ether oxygens (including phenoxy) is 1. The lowest BCUT2D eigenvalue weighted by atomic mass is 10.2. The third-order valence-corrected chi connectivity index (χ3v) is 3.24. The third kappa shape index (κ3) is 3.87. The summed E-state index contributed by atoms with van der Waals surface area (Å²) in [6.45, 7) is 1.65. The van der Waals surface area contributed by atoms with Gasteiger partial charge in [0.2, 0.25) is 0 Å². The average molecular weight is 279 g/mol. The summed E-state index contributed by atoms with van der Waals surface area (Å²) in [4.78, 5) is 11.9. The van der Waals surface area contributed by atoms with Crippen molar-refractivity contribution in [2.24, 2.45) is 5.92 Å². The Balaban J connectivity index is 1.90. The Morgan fingerprint density at radius 2 is 2.32 bits per heavy atom. The van der Waals surface area contributed by atoms with Crippen LogP contribution in [0.3, 0.4) is 0 Å². The van der Waals surface area contributed by atoms with Gasteiger partial charge in [-0.2, -0.15) is 5.26 Å². The van der Waals surface area contributed by atoms with Crippen molar-refractivity contribution in [3.8, 4) is 11.8 Å². The first-order valence-corrected chi connectivity index (χ1v) is 6.60. The summed E-state index contributed by atoms with van der Waals surface area (Å²) in [5, 5.41) is 12.2. The predicted molar refractivity (Wildman–Crippen MR) is 71.8 cm³/mol. The first-order valence-electron chi connectivity index (χ1n) is 6.22. The number of amides is 1. The Bertz CT molecular complexity index is 508. The van der Waals surface area contributed by atoms with E-state index in [9.17, 15) is 4.79 Å². The fourth-order valence-corrected chi connectivity index (χ4v) is 1.93. The van der Waals surface area contributed by atoms with Gasteiger partial charge < -0.3 is 10.1 Å². The molecular formula is C14H15ClN2O2.